The summed E-state index contributed by atoms with van der Waals surface area (Å²) in [6.45, 7) is 0. The molecule has 2 aromatic rings. The third-order valence-corrected chi connectivity index (χ3v) is 4.43. The number of carbonyl (C=O) groups excluding carboxylic acids is 2. The summed E-state index contributed by atoms with van der Waals surface area (Å²) in [4.78, 5) is 35.9. The second-order valence-electron chi connectivity index (χ2n) is 4.68. The summed E-state index contributed by atoms with van der Waals surface area (Å²) in [5.74, 6) is -1.52. The molecule has 2 heterocycles. The highest BCUT2D eigenvalue weighted by Gasteiger charge is 2.32. The minimum Gasteiger partial charge on any atom is -0.384 e. The van der Waals surface area contributed by atoms with E-state index in [1.54, 1.807) is 0 Å². The second-order valence-corrected chi connectivity index (χ2v) is 6.24. The average molecular weight is 441 g/mol. The van der Waals surface area contributed by atoms with E-state index in [0.29, 0.717) is 9.13 Å². The molecule has 1 aliphatic heterocycles. The highest BCUT2D eigenvalue weighted by atomic mass is 127. The van der Waals surface area contributed by atoms with Crippen molar-refractivity contribution >= 4 is 51.8 Å². The predicted molar refractivity (Wildman–Crippen MR) is 90.7 cm³/mol. The Morgan fingerprint density at radius 2 is 1.91 bits per heavy atom. The number of carbonyl (C=O) groups is 2. The molecular weight excluding hydrogens is 435 g/mol. The van der Waals surface area contributed by atoms with E-state index in [2.05, 4.69) is 5.32 Å². The molecule has 0 fully saturated rings. The van der Waals surface area contributed by atoms with Crippen LogP contribution < -0.4 is 16.6 Å². The summed E-state index contributed by atoms with van der Waals surface area (Å²) in [6, 6.07) is 5.92. The predicted octanol–water partition coefficient (Wildman–Crippen LogP) is 1.43. The zero-order valence-corrected chi connectivity index (χ0v) is 14.1. The summed E-state index contributed by atoms with van der Waals surface area (Å²) in [5, 5.41) is 11.2. The molecule has 0 bridgehead atoms. The molecule has 0 saturated carbocycles. The van der Waals surface area contributed by atoms with Crippen molar-refractivity contribution in [2.24, 2.45) is 0 Å². The Hall–Kier alpha value is -2.38. The van der Waals surface area contributed by atoms with Crippen molar-refractivity contribution in [3.05, 3.63) is 53.8 Å². The molecule has 0 radical (unpaired) electrons. The van der Waals surface area contributed by atoms with Gasteiger partial charge < -0.3 is 5.73 Å². The van der Waals surface area contributed by atoms with Crippen LogP contribution >= 0.6 is 34.2 Å². The monoisotopic (exact) mass is 440 g/mol. The molecule has 1 aromatic carbocycles. The number of pyridine rings is 1. The van der Waals surface area contributed by atoms with Crippen LogP contribution in [0.25, 0.3) is 5.69 Å². The molecule has 9 heteroatoms. The lowest BCUT2D eigenvalue weighted by Crippen LogP contribution is -2.25. The fourth-order valence-corrected chi connectivity index (χ4v) is 3.68. The number of imide groups is 1. The molecule has 1 aromatic heterocycles. The largest absolute Gasteiger partial charge is 0.384 e. The van der Waals surface area contributed by atoms with Gasteiger partial charge >= 0.3 is 0 Å². The first-order valence-corrected chi connectivity index (χ1v) is 7.61. The molecular formula is C14H6ClIN4O3. The number of amides is 2. The molecule has 7 nitrogen and oxygen atoms in total. The van der Waals surface area contributed by atoms with E-state index < -0.39 is 17.4 Å². The molecule has 2 amide bonds. The smallest absolute Gasteiger partial charge is 0.262 e. The van der Waals surface area contributed by atoms with Crippen molar-refractivity contribution in [2.45, 2.75) is 0 Å². The standard InChI is InChI=1S/C14H6ClIN4O3/c15-7-1-5(4-17)2-8(16)11(7)20-9(21)3-6-10(12(20)18)14(23)19-13(6)22/h1-3H,18H2,(H,19,22,23). The number of nitrogen functional groups attached to an aromatic ring is 1. The van der Waals surface area contributed by atoms with Crippen LogP contribution in [0.5, 0.6) is 0 Å². The van der Waals surface area contributed by atoms with Crippen molar-refractivity contribution in [3.63, 3.8) is 0 Å². The number of nitrogens with one attached hydrogen (secondary N) is 1. The first-order valence-electron chi connectivity index (χ1n) is 6.16. The van der Waals surface area contributed by atoms with Gasteiger partial charge in [-0.25, -0.2) is 0 Å². The lowest BCUT2D eigenvalue weighted by molar-refractivity contribution is 0.0880. The molecule has 23 heavy (non-hydrogen) atoms. The first kappa shape index (κ1) is 15.5. The second kappa shape index (κ2) is 5.36. The maximum Gasteiger partial charge on any atom is 0.262 e. The molecule has 3 rings (SSSR count). The molecule has 0 saturated heterocycles. The first-order chi connectivity index (χ1) is 10.8. The van der Waals surface area contributed by atoms with Crippen molar-refractivity contribution in [3.8, 4) is 11.8 Å². The van der Waals surface area contributed by atoms with Gasteiger partial charge in [0, 0.05) is 9.64 Å². The number of benzene rings is 1. The van der Waals surface area contributed by atoms with E-state index in [-0.39, 0.29) is 27.7 Å². The van der Waals surface area contributed by atoms with Gasteiger partial charge in [0.15, 0.2) is 0 Å². The van der Waals surface area contributed by atoms with Crippen LogP contribution in [-0.2, 0) is 0 Å². The van der Waals surface area contributed by atoms with Gasteiger partial charge in [-0.05, 0) is 34.7 Å². The Bertz CT molecular complexity index is 983. The molecule has 0 aliphatic carbocycles. The minimum absolute atomic E-state index is 0.0616. The third kappa shape index (κ3) is 2.29. The maximum atomic E-state index is 12.4. The number of nitriles is 1. The highest BCUT2D eigenvalue weighted by molar-refractivity contribution is 14.1. The van der Waals surface area contributed by atoms with Gasteiger partial charge in [0.1, 0.15) is 5.82 Å². The lowest BCUT2D eigenvalue weighted by Gasteiger charge is -2.15. The van der Waals surface area contributed by atoms with E-state index in [9.17, 15) is 14.4 Å². The number of nitrogens with zero attached hydrogens (tertiary/aromatic N) is 2. The lowest BCUT2D eigenvalue weighted by atomic mass is 10.1. The van der Waals surface area contributed by atoms with Crippen LogP contribution in [0.2, 0.25) is 5.02 Å². The minimum atomic E-state index is -0.670. The summed E-state index contributed by atoms with van der Waals surface area (Å²) in [6.07, 6.45) is 0. The quantitative estimate of drug-likeness (QED) is 0.514. The van der Waals surface area contributed by atoms with Gasteiger partial charge in [0.2, 0.25) is 0 Å². The van der Waals surface area contributed by atoms with E-state index in [1.165, 1.54) is 12.1 Å². The fourth-order valence-electron chi connectivity index (χ4n) is 2.35. The topological polar surface area (TPSA) is 118 Å². The molecule has 114 valence electrons. The van der Waals surface area contributed by atoms with Gasteiger partial charge in [0.05, 0.1) is 33.5 Å². The SMILES string of the molecule is N#Cc1cc(Cl)c(-n2c(N)c3c(cc2=O)C(=O)NC3=O)c(I)c1. The Morgan fingerprint density at radius 3 is 2.52 bits per heavy atom. The number of anilines is 1. The van der Waals surface area contributed by atoms with Gasteiger partial charge in [0.25, 0.3) is 17.4 Å². The number of halogens is 2. The Balaban J connectivity index is 2.39. The van der Waals surface area contributed by atoms with Crippen LogP contribution in [-0.4, -0.2) is 16.4 Å². The average Bonchev–Trinajstić information content (AvgIpc) is 2.75. The fraction of sp³-hybridized carbons (Fsp3) is 0. The highest BCUT2D eigenvalue weighted by Crippen LogP contribution is 2.30. The summed E-state index contributed by atoms with van der Waals surface area (Å²) >= 11 is 8.08. The van der Waals surface area contributed by atoms with Crippen LogP contribution in [0, 0.1) is 14.9 Å². The van der Waals surface area contributed by atoms with Crippen LogP contribution in [0.15, 0.2) is 23.0 Å². The number of hydrogen-bond donors (Lipinski definition) is 2. The van der Waals surface area contributed by atoms with Gasteiger partial charge in [-0.3, -0.25) is 24.3 Å². The van der Waals surface area contributed by atoms with Crippen molar-refractivity contribution in [1.29, 1.82) is 5.26 Å². The maximum absolute atomic E-state index is 12.4. The Morgan fingerprint density at radius 1 is 1.22 bits per heavy atom. The molecule has 0 spiro atoms. The molecule has 0 unspecified atom stereocenters. The number of rotatable bonds is 1. The number of hydrogen-bond acceptors (Lipinski definition) is 5. The van der Waals surface area contributed by atoms with E-state index >= 15 is 0 Å². The van der Waals surface area contributed by atoms with Crippen molar-refractivity contribution < 1.29 is 9.59 Å². The van der Waals surface area contributed by atoms with E-state index in [0.717, 1.165) is 10.6 Å². The van der Waals surface area contributed by atoms with Crippen LogP contribution in [0.3, 0.4) is 0 Å². The number of nitrogens with two attached hydrogens (primary N) is 1. The zero-order valence-electron chi connectivity index (χ0n) is 11.2. The molecule has 3 N–H and O–H groups in total. The van der Waals surface area contributed by atoms with Crippen LogP contribution in [0.1, 0.15) is 26.3 Å². The van der Waals surface area contributed by atoms with Gasteiger partial charge in [-0.1, -0.05) is 11.6 Å². The van der Waals surface area contributed by atoms with Crippen molar-refractivity contribution in [2.75, 3.05) is 5.73 Å². The number of fused-ring (bicyclic) bond motifs is 1. The van der Waals surface area contributed by atoms with E-state index in [4.69, 9.17) is 22.6 Å². The van der Waals surface area contributed by atoms with E-state index in [1.807, 2.05) is 28.7 Å². The summed E-state index contributed by atoms with van der Waals surface area (Å²) < 4.78 is 1.56. The van der Waals surface area contributed by atoms with Crippen LogP contribution in [0.4, 0.5) is 5.82 Å². The normalized spacial score (nSPS) is 12.7. The van der Waals surface area contributed by atoms with Crippen molar-refractivity contribution in [1.82, 2.24) is 9.88 Å². The zero-order chi connectivity index (χ0) is 16.9. The molecule has 0 atom stereocenters. The number of aromatic nitrogens is 1. The van der Waals surface area contributed by atoms with Gasteiger partial charge in [-0.2, -0.15) is 5.26 Å². The summed E-state index contributed by atoms with van der Waals surface area (Å²) in [5.41, 5.74) is 5.80. The summed E-state index contributed by atoms with van der Waals surface area (Å²) in [7, 11) is 0. The third-order valence-electron chi connectivity index (χ3n) is 3.32. The molecule has 1 aliphatic rings. The Kier molecular flexibility index (Phi) is 3.62. The van der Waals surface area contributed by atoms with Gasteiger partial charge in [-0.15, -0.1) is 0 Å². The Labute approximate surface area is 147 Å².